The summed E-state index contributed by atoms with van der Waals surface area (Å²) in [7, 11) is 1.55. The predicted molar refractivity (Wildman–Crippen MR) is 165 cm³/mol. The van der Waals surface area contributed by atoms with Gasteiger partial charge in [0.1, 0.15) is 6.61 Å². The number of fused-ring (bicyclic) bond motifs is 1. The van der Waals surface area contributed by atoms with Crippen LogP contribution in [-0.2, 0) is 14.3 Å². The van der Waals surface area contributed by atoms with Crippen LogP contribution in [0.1, 0.15) is 76.1 Å². The number of esters is 1. The van der Waals surface area contributed by atoms with E-state index in [1.54, 1.807) is 18.6 Å². The van der Waals surface area contributed by atoms with Gasteiger partial charge in [0.15, 0.2) is 16.3 Å². The predicted octanol–water partition coefficient (Wildman–Crippen LogP) is 5.13. The summed E-state index contributed by atoms with van der Waals surface area (Å²) in [6.07, 6.45) is 3.83. The Labute approximate surface area is 250 Å². The normalized spacial score (nSPS) is 15.0. The van der Waals surface area contributed by atoms with Crippen molar-refractivity contribution in [2.75, 3.05) is 33.5 Å². The number of hydrogen-bond acceptors (Lipinski definition) is 8. The van der Waals surface area contributed by atoms with E-state index in [0.717, 1.165) is 24.0 Å². The van der Waals surface area contributed by atoms with Crippen LogP contribution in [0.15, 0.2) is 63.5 Å². The molecule has 9 heteroatoms. The van der Waals surface area contributed by atoms with Gasteiger partial charge in [0.05, 0.1) is 41.7 Å². The van der Waals surface area contributed by atoms with Crippen molar-refractivity contribution in [2.45, 2.75) is 59.4 Å². The molecule has 1 aliphatic heterocycles. The van der Waals surface area contributed by atoms with Crippen molar-refractivity contribution in [1.82, 2.24) is 4.57 Å². The molecule has 42 heavy (non-hydrogen) atoms. The van der Waals surface area contributed by atoms with Gasteiger partial charge in [0, 0.05) is 7.11 Å². The maximum atomic E-state index is 14.0. The van der Waals surface area contributed by atoms with Gasteiger partial charge in [-0.2, -0.15) is 0 Å². The maximum absolute atomic E-state index is 14.0. The van der Waals surface area contributed by atoms with Crippen molar-refractivity contribution < 1.29 is 23.7 Å². The van der Waals surface area contributed by atoms with E-state index in [2.05, 4.69) is 25.8 Å². The van der Waals surface area contributed by atoms with E-state index in [1.807, 2.05) is 55.5 Å². The third-order valence-corrected chi connectivity index (χ3v) is 7.98. The van der Waals surface area contributed by atoms with Crippen LogP contribution in [0.25, 0.3) is 6.08 Å². The summed E-state index contributed by atoms with van der Waals surface area (Å²) in [6, 6.07) is 13.0. The molecule has 0 saturated heterocycles. The fraction of sp³-hybridized carbons (Fsp3) is 0.424. The quantitative estimate of drug-likeness (QED) is 0.202. The second-order valence-electron chi connectivity index (χ2n) is 10.4. The van der Waals surface area contributed by atoms with Crippen molar-refractivity contribution >= 4 is 23.4 Å². The highest BCUT2D eigenvalue weighted by Crippen LogP contribution is 2.32. The van der Waals surface area contributed by atoms with Crippen LogP contribution in [-0.4, -0.2) is 44.1 Å². The summed E-state index contributed by atoms with van der Waals surface area (Å²) in [6.45, 7) is 11.6. The van der Waals surface area contributed by atoms with E-state index in [1.165, 1.54) is 16.9 Å². The molecule has 0 radical (unpaired) electrons. The molecule has 0 saturated carbocycles. The van der Waals surface area contributed by atoms with Crippen molar-refractivity contribution in [3.63, 3.8) is 0 Å². The van der Waals surface area contributed by atoms with Crippen LogP contribution in [0.2, 0.25) is 0 Å². The number of nitrogens with zero attached hydrogens (tertiary/aromatic N) is 2. The summed E-state index contributed by atoms with van der Waals surface area (Å²) in [4.78, 5) is 32.6. The Hall–Kier alpha value is -3.69. The molecule has 0 N–H and O–H groups in total. The molecule has 1 unspecified atom stereocenters. The number of carbonyl (C=O) groups is 1. The zero-order valence-corrected chi connectivity index (χ0v) is 26.1. The Morgan fingerprint density at radius 2 is 1.81 bits per heavy atom. The second-order valence-corrected chi connectivity index (χ2v) is 11.4. The fourth-order valence-corrected chi connectivity index (χ4v) is 5.78. The molecule has 2 heterocycles. The van der Waals surface area contributed by atoms with Crippen LogP contribution in [0, 0.1) is 0 Å². The summed E-state index contributed by atoms with van der Waals surface area (Å²) >= 11 is 1.29. The lowest BCUT2D eigenvalue weighted by Crippen LogP contribution is -2.40. The Morgan fingerprint density at radius 3 is 2.48 bits per heavy atom. The number of ether oxygens (including phenoxy) is 4. The third-order valence-electron chi connectivity index (χ3n) is 7.00. The molecule has 224 valence electrons. The molecule has 1 atom stereocenters. The zero-order chi connectivity index (χ0) is 30.2. The fourth-order valence-electron chi connectivity index (χ4n) is 4.74. The van der Waals surface area contributed by atoms with E-state index in [0.29, 0.717) is 51.2 Å². The Kier molecular flexibility index (Phi) is 10.8. The average Bonchev–Trinajstić information content (AvgIpc) is 3.27. The van der Waals surface area contributed by atoms with Crippen molar-refractivity contribution in [2.24, 2.45) is 4.99 Å². The Bertz CT molecular complexity index is 1600. The number of rotatable bonds is 13. The highest BCUT2D eigenvalue weighted by atomic mass is 32.1. The molecule has 2 aromatic carbocycles. The molecular formula is C33H40N2O6S. The first-order chi connectivity index (χ1) is 20.3. The van der Waals surface area contributed by atoms with Crippen LogP contribution in [0.4, 0.5) is 0 Å². The first-order valence-corrected chi connectivity index (χ1v) is 15.3. The van der Waals surface area contributed by atoms with Gasteiger partial charge in [-0.25, -0.2) is 9.79 Å². The van der Waals surface area contributed by atoms with Crippen LogP contribution >= 0.6 is 11.3 Å². The topological polar surface area (TPSA) is 88.4 Å². The van der Waals surface area contributed by atoms with Gasteiger partial charge >= 0.3 is 5.97 Å². The number of methoxy groups -OCH3 is 1. The van der Waals surface area contributed by atoms with E-state index in [9.17, 15) is 9.59 Å². The molecule has 8 nitrogen and oxygen atoms in total. The third kappa shape index (κ3) is 7.02. The molecule has 4 rings (SSSR count). The Balaban J connectivity index is 1.81. The van der Waals surface area contributed by atoms with Gasteiger partial charge in [0.2, 0.25) is 0 Å². The minimum absolute atomic E-state index is 0.107. The van der Waals surface area contributed by atoms with E-state index >= 15 is 0 Å². The van der Waals surface area contributed by atoms with Crippen molar-refractivity contribution in [3.8, 4) is 11.5 Å². The minimum atomic E-state index is -0.673. The largest absolute Gasteiger partial charge is 0.490 e. The van der Waals surface area contributed by atoms with Crippen LogP contribution in [0.5, 0.6) is 11.5 Å². The summed E-state index contributed by atoms with van der Waals surface area (Å²) in [5, 5.41) is 0. The smallest absolute Gasteiger partial charge is 0.338 e. The number of carbonyl (C=O) groups excluding carboxylic acids is 1. The highest BCUT2D eigenvalue weighted by molar-refractivity contribution is 7.07. The standard InChI is InChI=1S/C33H40N2O6S/c1-7-9-16-40-26-15-10-23(19-27(26)39-8-2)20-28-31(36)35-30(25-13-11-24(12-14-25)21(3)4)29(22(5)34-33(35)42-28)32(37)41-18-17-38-6/h10-15,19-21,30H,7-9,16-18H2,1-6H3. The van der Waals surface area contributed by atoms with Gasteiger partial charge in [-0.05, 0) is 61.1 Å². The van der Waals surface area contributed by atoms with E-state index in [4.69, 9.17) is 18.9 Å². The number of allylic oxidation sites excluding steroid dienone is 1. The molecular weight excluding hydrogens is 552 g/mol. The van der Waals surface area contributed by atoms with Crippen LogP contribution < -0.4 is 24.4 Å². The van der Waals surface area contributed by atoms with Gasteiger partial charge in [0.25, 0.3) is 5.56 Å². The Morgan fingerprint density at radius 1 is 1.05 bits per heavy atom. The molecule has 0 aliphatic carbocycles. The maximum Gasteiger partial charge on any atom is 0.338 e. The molecule has 1 aliphatic rings. The number of benzene rings is 2. The lowest BCUT2D eigenvalue weighted by Gasteiger charge is -2.25. The molecule has 0 fully saturated rings. The molecule has 1 aromatic heterocycles. The van der Waals surface area contributed by atoms with Gasteiger partial charge < -0.3 is 18.9 Å². The lowest BCUT2D eigenvalue weighted by atomic mass is 9.93. The lowest BCUT2D eigenvalue weighted by molar-refractivity contribution is -0.140. The number of thiazole rings is 1. The number of hydrogen-bond donors (Lipinski definition) is 0. The summed E-state index contributed by atoms with van der Waals surface area (Å²) in [5.41, 5.74) is 3.42. The van der Waals surface area contributed by atoms with Gasteiger partial charge in [-0.3, -0.25) is 9.36 Å². The average molecular weight is 593 g/mol. The number of aromatic nitrogens is 1. The molecule has 0 amide bonds. The SMILES string of the molecule is CCCCOc1ccc(C=c2sc3n(c2=O)C(c2ccc(C(C)C)cc2)C(C(=O)OCCOC)=C(C)N=3)cc1OCC. The summed E-state index contributed by atoms with van der Waals surface area (Å²) < 4.78 is 24.4. The molecule has 3 aromatic rings. The minimum Gasteiger partial charge on any atom is -0.490 e. The van der Waals surface area contributed by atoms with Crippen molar-refractivity contribution in [1.29, 1.82) is 0 Å². The molecule has 0 spiro atoms. The van der Waals surface area contributed by atoms with Crippen LogP contribution in [0.3, 0.4) is 0 Å². The summed E-state index contributed by atoms with van der Waals surface area (Å²) in [5.74, 6) is 1.15. The zero-order valence-electron chi connectivity index (χ0n) is 25.3. The highest BCUT2D eigenvalue weighted by Gasteiger charge is 2.33. The second kappa shape index (κ2) is 14.5. The first-order valence-electron chi connectivity index (χ1n) is 14.5. The monoisotopic (exact) mass is 592 g/mol. The van der Waals surface area contributed by atoms with Gasteiger partial charge in [-0.15, -0.1) is 0 Å². The van der Waals surface area contributed by atoms with E-state index in [-0.39, 0.29) is 18.8 Å². The van der Waals surface area contributed by atoms with Crippen molar-refractivity contribution in [3.05, 3.63) is 90.1 Å². The molecule has 0 bridgehead atoms. The van der Waals surface area contributed by atoms with E-state index < -0.39 is 12.0 Å². The van der Waals surface area contributed by atoms with Gasteiger partial charge in [-0.1, -0.05) is 68.9 Å². The number of unbranched alkanes of at least 4 members (excludes halogenated alkanes) is 1. The first kappa shape index (κ1) is 31.3.